The highest BCUT2D eigenvalue weighted by atomic mass is 32.2. The maximum absolute atomic E-state index is 11.0. The zero-order valence-electron chi connectivity index (χ0n) is 11.5. The van der Waals surface area contributed by atoms with Gasteiger partial charge in [-0.25, -0.2) is 0 Å². The van der Waals surface area contributed by atoms with Gasteiger partial charge in [-0.2, -0.15) is 8.42 Å². The Kier molecular flexibility index (Phi) is 8.89. The quantitative estimate of drug-likeness (QED) is 0.412. The largest absolute Gasteiger partial charge is 0.673 e. The molecule has 1 heterocycles. The summed E-state index contributed by atoms with van der Waals surface area (Å²) >= 11 is 0. The Morgan fingerprint density at radius 3 is 2.05 bits per heavy atom. The van der Waals surface area contributed by atoms with Gasteiger partial charge in [0.05, 0.1) is 24.9 Å². The molecule has 0 radical (unpaired) electrons. The van der Waals surface area contributed by atoms with Crippen molar-refractivity contribution >= 4 is 23.3 Å². The van der Waals surface area contributed by atoms with E-state index in [0.29, 0.717) is 32.8 Å². The third-order valence-corrected chi connectivity index (χ3v) is 3.94. The summed E-state index contributed by atoms with van der Waals surface area (Å²) in [5, 5.41) is 7.34. The van der Waals surface area contributed by atoms with Crippen molar-refractivity contribution in [1.29, 1.82) is 0 Å². The van der Waals surface area contributed by atoms with Crippen molar-refractivity contribution in [3.63, 3.8) is 0 Å². The van der Waals surface area contributed by atoms with Gasteiger partial charge in [0.15, 0.2) is 0 Å². The summed E-state index contributed by atoms with van der Waals surface area (Å²) in [6, 6.07) is 0. The van der Waals surface area contributed by atoms with Gasteiger partial charge in [-0.3, -0.25) is 14.2 Å². The number of hydrogen-bond acceptors (Lipinski definition) is 5. The van der Waals surface area contributed by atoms with E-state index in [0.717, 1.165) is 0 Å². The molecule has 1 saturated heterocycles. The molecule has 1 aliphatic rings. The monoisotopic (exact) mass is 354 g/mol. The smallest absolute Gasteiger partial charge is 0.481 e. The number of carboxylic acids is 1. The van der Waals surface area contributed by atoms with Crippen LogP contribution in [-0.4, -0.2) is 74.3 Å². The standard InChI is InChI=1S/C9H17NO6S.BF4/c11-9(12)7-8(17(13,14)15)1-2-10-3-5-16-6-4-10;2-1(3,4)5/h8H,1-7H2,(H,11,12)(H,13,14,15);/q;-1. The molecule has 0 bridgehead atoms. The summed E-state index contributed by atoms with van der Waals surface area (Å²) in [6.45, 7) is 3.03. The van der Waals surface area contributed by atoms with Gasteiger partial charge >= 0.3 is 13.2 Å². The highest BCUT2D eigenvalue weighted by Gasteiger charge is 2.26. The number of nitrogens with zero attached hydrogens (tertiary/aromatic N) is 1. The molecule has 1 unspecified atom stereocenters. The molecule has 0 aromatic carbocycles. The van der Waals surface area contributed by atoms with Crippen molar-refractivity contribution < 1.29 is 44.9 Å². The molecule has 7 nitrogen and oxygen atoms in total. The van der Waals surface area contributed by atoms with Gasteiger partial charge in [-0.1, -0.05) is 0 Å². The first-order valence-corrected chi connectivity index (χ1v) is 7.75. The Labute approximate surface area is 125 Å². The van der Waals surface area contributed by atoms with Crippen molar-refractivity contribution in [3.05, 3.63) is 0 Å². The first-order valence-electron chi connectivity index (χ1n) is 6.25. The van der Waals surface area contributed by atoms with Crippen LogP contribution in [0.5, 0.6) is 0 Å². The van der Waals surface area contributed by atoms with Crippen LogP contribution >= 0.6 is 0 Å². The van der Waals surface area contributed by atoms with Gasteiger partial charge in [0.1, 0.15) is 0 Å². The minimum absolute atomic E-state index is 0.116. The maximum atomic E-state index is 11.0. The number of ether oxygens (including phenoxy) is 1. The molecule has 0 aromatic heterocycles. The van der Waals surface area contributed by atoms with Gasteiger partial charge in [0, 0.05) is 13.1 Å². The van der Waals surface area contributed by atoms with Crippen LogP contribution < -0.4 is 0 Å². The van der Waals surface area contributed by atoms with E-state index in [1.165, 1.54) is 0 Å². The molecule has 1 rings (SSSR count). The topological polar surface area (TPSA) is 104 Å². The lowest BCUT2D eigenvalue weighted by Gasteiger charge is -2.27. The summed E-state index contributed by atoms with van der Waals surface area (Å²) in [5.41, 5.74) is 0. The number of hydrogen-bond donors (Lipinski definition) is 2. The highest BCUT2D eigenvalue weighted by Crippen LogP contribution is 2.11. The Hall–Kier alpha value is -0.915. The summed E-state index contributed by atoms with van der Waals surface area (Å²) in [4.78, 5) is 12.5. The average Bonchev–Trinajstić information content (AvgIpc) is 2.32. The van der Waals surface area contributed by atoms with Crippen molar-refractivity contribution in [3.8, 4) is 0 Å². The third kappa shape index (κ3) is 12.8. The van der Waals surface area contributed by atoms with Gasteiger partial charge in [-0.05, 0) is 13.0 Å². The molecule has 1 fully saturated rings. The highest BCUT2D eigenvalue weighted by molar-refractivity contribution is 7.86. The number of morpholine rings is 1. The second-order valence-electron chi connectivity index (χ2n) is 4.47. The molecule has 13 heteroatoms. The lowest BCUT2D eigenvalue weighted by molar-refractivity contribution is -0.137. The van der Waals surface area contributed by atoms with Crippen LogP contribution in [0.1, 0.15) is 12.8 Å². The van der Waals surface area contributed by atoms with Crippen molar-refractivity contribution in [2.45, 2.75) is 18.1 Å². The number of rotatable bonds is 6. The fraction of sp³-hybridized carbons (Fsp3) is 0.889. The molecule has 2 N–H and O–H groups in total. The van der Waals surface area contributed by atoms with Crippen LogP contribution in [0.4, 0.5) is 17.3 Å². The van der Waals surface area contributed by atoms with E-state index in [1.807, 2.05) is 4.90 Å². The summed E-state index contributed by atoms with van der Waals surface area (Å²) in [5.74, 6) is -1.23. The Morgan fingerprint density at radius 2 is 1.68 bits per heavy atom. The third-order valence-electron chi connectivity index (χ3n) is 2.69. The van der Waals surface area contributed by atoms with E-state index >= 15 is 0 Å². The van der Waals surface area contributed by atoms with Crippen molar-refractivity contribution in [2.24, 2.45) is 0 Å². The summed E-state index contributed by atoms with van der Waals surface area (Å²) < 4.78 is 75.0. The van der Waals surface area contributed by atoms with Crippen molar-refractivity contribution in [1.82, 2.24) is 4.90 Å². The molecular formula is C9H17BF4NO6S-. The molecular weight excluding hydrogens is 337 g/mol. The fourth-order valence-electron chi connectivity index (χ4n) is 1.70. The maximum Gasteiger partial charge on any atom is 0.673 e. The summed E-state index contributed by atoms with van der Waals surface area (Å²) in [6.07, 6.45) is -0.450. The fourth-order valence-corrected chi connectivity index (χ4v) is 2.46. The van der Waals surface area contributed by atoms with E-state index in [-0.39, 0.29) is 6.42 Å². The first kappa shape index (κ1) is 21.1. The van der Waals surface area contributed by atoms with Gasteiger partial charge in [-0.15, -0.1) is 0 Å². The van der Waals surface area contributed by atoms with Crippen LogP contribution in [0, 0.1) is 0 Å². The number of halogens is 4. The lowest BCUT2D eigenvalue weighted by atomic mass is 10.2. The molecule has 132 valence electrons. The Balaban J connectivity index is 0.000000763. The minimum Gasteiger partial charge on any atom is -0.481 e. The summed E-state index contributed by atoms with van der Waals surface area (Å²) in [7, 11) is -10.3. The molecule has 0 aromatic rings. The molecule has 22 heavy (non-hydrogen) atoms. The number of aliphatic carboxylic acids is 1. The molecule has 0 amide bonds. The predicted octanol–water partition coefficient (Wildman–Crippen LogP) is 0.740. The first-order chi connectivity index (χ1) is 9.89. The van der Waals surface area contributed by atoms with Crippen LogP contribution in [0.3, 0.4) is 0 Å². The van der Waals surface area contributed by atoms with Crippen LogP contribution in [0.2, 0.25) is 0 Å². The Morgan fingerprint density at radius 1 is 1.23 bits per heavy atom. The molecule has 0 spiro atoms. The molecule has 0 saturated carbocycles. The SMILES string of the molecule is F[B-](F)(F)F.O=C(O)CC(CCN1CCOCC1)S(=O)(=O)O. The minimum atomic E-state index is -6.00. The predicted molar refractivity (Wildman–Crippen MR) is 69.7 cm³/mol. The lowest BCUT2D eigenvalue weighted by Crippen LogP contribution is -2.39. The van der Waals surface area contributed by atoms with Gasteiger partial charge in [0.2, 0.25) is 0 Å². The van der Waals surface area contributed by atoms with E-state index in [4.69, 9.17) is 14.4 Å². The number of carbonyl (C=O) groups is 1. The second kappa shape index (κ2) is 9.27. The second-order valence-corrected chi connectivity index (χ2v) is 6.17. The Bertz CT molecular complexity index is 434. The van der Waals surface area contributed by atoms with E-state index in [2.05, 4.69) is 0 Å². The van der Waals surface area contributed by atoms with E-state index < -0.39 is 35.0 Å². The van der Waals surface area contributed by atoms with E-state index in [9.17, 15) is 30.5 Å². The van der Waals surface area contributed by atoms with E-state index in [1.54, 1.807) is 0 Å². The van der Waals surface area contributed by atoms with Crippen molar-refractivity contribution in [2.75, 3.05) is 32.8 Å². The number of carboxylic acid groups (broad SMARTS) is 1. The molecule has 1 atom stereocenters. The van der Waals surface area contributed by atoms with Crippen LogP contribution in [-0.2, 0) is 19.6 Å². The zero-order valence-corrected chi connectivity index (χ0v) is 12.3. The molecule has 0 aliphatic carbocycles. The van der Waals surface area contributed by atoms with Gasteiger partial charge in [0.25, 0.3) is 10.1 Å². The van der Waals surface area contributed by atoms with Crippen LogP contribution in [0.15, 0.2) is 0 Å². The normalized spacial score (nSPS) is 18.2. The molecule has 1 aliphatic heterocycles. The van der Waals surface area contributed by atoms with Gasteiger partial charge < -0.3 is 27.1 Å². The zero-order chi connectivity index (χ0) is 17.4. The van der Waals surface area contributed by atoms with Crippen LogP contribution in [0.25, 0.3) is 0 Å². The average molecular weight is 354 g/mol.